The highest BCUT2D eigenvalue weighted by Crippen LogP contribution is 1.97. The third-order valence-electron chi connectivity index (χ3n) is 1.70. The van der Waals surface area contributed by atoms with Crippen LogP contribution in [0.4, 0.5) is 0 Å². The fourth-order valence-corrected chi connectivity index (χ4v) is 2.13. The van der Waals surface area contributed by atoms with Crippen molar-refractivity contribution in [1.29, 1.82) is 0 Å². The Morgan fingerprint density at radius 3 is 2.60 bits per heavy atom. The molecule has 0 atom stereocenters. The molecule has 84 valence electrons. The van der Waals surface area contributed by atoms with Crippen LogP contribution < -0.4 is 16.0 Å². The number of hydrogen-bond acceptors (Lipinski definition) is 4. The summed E-state index contributed by atoms with van der Waals surface area (Å²) in [4.78, 5) is 23.6. The van der Waals surface area contributed by atoms with Gasteiger partial charge >= 0.3 is 5.69 Å². The summed E-state index contributed by atoms with van der Waals surface area (Å²) in [6.45, 7) is 1.76. The molecule has 0 bridgehead atoms. The van der Waals surface area contributed by atoms with Crippen LogP contribution in [0.1, 0.15) is 6.92 Å². The van der Waals surface area contributed by atoms with E-state index in [2.05, 4.69) is 4.72 Å². The number of nitrogens with zero attached hydrogens (tertiary/aromatic N) is 1. The van der Waals surface area contributed by atoms with Gasteiger partial charge in [0.2, 0.25) is 10.0 Å². The normalized spacial score (nSPS) is 11.6. The molecule has 15 heavy (non-hydrogen) atoms. The van der Waals surface area contributed by atoms with Crippen LogP contribution in [0.3, 0.4) is 0 Å². The predicted molar refractivity (Wildman–Crippen MR) is 53.2 cm³/mol. The first-order valence-electron chi connectivity index (χ1n) is 4.18. The molecule has 8 heteroatoms. The largest absolute Gasteiger partial charge is 0.328 e. The maximum atomic E-state index is 11.5. The number of H-pyrrole nitrogens is 1. The first-order valence-corrected chi connectivity index (χ1v) is 5.66. The molecule has 0 radical (unpaired) electrons. The van der Waals surface area contributed by atoms with Crippen molar-refractivity contribution in [2.75, 3.05) is 6.54 Å². The molecular formula is C7H11N3O4S. The summed E-state index contributed by atoms with van der Waals surface area (Å²) in [7, 11) is -2.48. The van der Waals surface area contributed by atoms with E-state index in [0.29, 0.717) is 0 Å². The number of aromatic nitrogens is 2. The zero-order valence-electron chi connectivity index (χ0n) is 8.27. The molecule has 0 saturated carbocycles. The number of rotatable bonds is 3. The highest BCUT2D eigenvalue weighted by molar-refractivity contribution is 7.89. The molecule has 2 N–H and O–H groups in total. The second kappa shape index (κ2) is 3.99. The minimum atomic E-state index is -3.83. The lowest BCUT2D eigenvalue weighted by Gasteiger charge is -2.04. The third-order valence-corrected chi connectivity index (χ3v) is 3.24. The van der Waals surface area contributed by atoms with Crippen LogP contribution in [-0.2, 0) is 17.1 Å². The van der Waals surface area contributed by atoms with Crippen LogP contribution in [-0.4, -0.2) is 24.5 Å². The summed E-state index contributed by atoms with van der Waals surface area (Å²) in [5, 5.41) is 0. The summed E-state index contributed by atoms with van der Waals surface area (Å²) in [5.41, 5.74) is -1.57. The fourth-order valence-electron chi connectivity index (χ4n) is 0.999. The summed E-state index contributed by atoms with van der Waals surface area (Å²) >= 11 is 0. The van der Waals surface area contributed by atoms with Crippen molar-refractivity contribution >= 4 is 10.0 Å². The van der Waals surface area contributed by atoms with Gasteiger partial charge in [-0.2, -0.15) is 0 Å². The molecular weight excluding hydrogens is 222 g/mol. The Morgan fingerprint density at radius 2 is 2.07 bits per heavy atom. The van der Waals surface area contributed by atoms with Crippen LogP contribution in [0.25, 0.3) is 0 Å². The molecule has 0 saturated heterocycles. The Kier molecular flexibility index (Phi) is 3.10. The van der Waals surface area contributed by atoms with Gasteiger partial charge in [-0.05, 0) is 0 Å². The van der Waals surface area contributed by atoms with E-state index in [-0.39, 0.29) is 6.54 Å². The molecule has 0 amide bonds. The molecule has 1 rings (SSSR count). The maximum Gasteiger partial charge on any atom is 0.328 e. The van der Waals surface area contributed by atoms with Crippen molar-refractivity contribution in [2.24, 2.45) is 7.05 Å². The number of sulfonamides is 1. The van der Waals surface area contributed by atoms with Gasteiger partial charge in [0, 0.05) is 19.8 Å². The highest BCUT2D eigenvalue weighted by atomic mass is 32.2. The van der Waals surface area contributed by atoms with Gasteiger partial charge in [-0.25, -0.2) is 17.9 Å². The van der Waals surface area contributed by atoms with Gasteiger partial charge in [-0.1, -0.05) is 6.92 Å². The first-order chi connectivity index (χ1) is 6.88. The van der Waals surface area contributed by atoms with Gasteiger partial charge in [0.1, 0.15) is 0 Å². The molecule has 1 heterocycles. The zero-order chi connectivity index (χ0) is 11.6. The Labute approximate surface area is 85.8 Å². The van der Waals surface area contributed by atoms with E-state index in [1.807, 2.05) is 4.98 Å². The summed E-state index contributed by atoms with van der Waals surface area (Å²) in [6.07, 6.45) is 0.985. The number of nitrogens with one attached hydrogen (secondary N) is 2. The molecule has 0 aromatic carbocycles. The van der Waals surface area contributed by atoms with Crippen LogP contribution in [0, 0.1) is 0 Å². The maximum absolute atomic E-state index is 11.5. The van der Waals surface area contributed by atoms with Gasteiger partial charge in [-0.3, -0.25) is 9.78 Å². The molecule has 1 aromatic heterocycles. The topological polar surface area (TPSA) is 101 Å². The fraction of sp³-hybridized carbons (Fsp3) is 0.429. The SMILES string of the molecule is CCNS(=O)(=O)c1cn(C)c(=O)[nH]c1=O. The van der Waals surface area contributed by atoms with E-state index >= 15 is 0 Å². The minimum Gasteiger partial charge on any atom is -0.302 e. The van der Waals surface area contributed by atoms with Crippen molar-refractivity contribution in [3.05, 3.63) is 27.0 Å². The van der Waals surface area contributed by atoms with Gasteiger partial charge in [-0.15, -0.1) is 0 Å². The molecule has 0 aliphatic carbocycles. The van der Waals surface area contributed by atoms with E-state index in [0.717, 1.165) is 10.8 Å². The molecule has 1 aromatic rings. The average Bonchev–Trinajstić information content (AvgIpc) is 2.11. The Balaban J connectivity index is 3.47. The van der Waals surface area contributed by atoms with E-state index in [4.69, 9.17) is 0 Å². The van der Waals surface area contributed by atoms with Crippen LogP contribution >= 0.6 is 0 Å². The van der Waals surface area contributed by atoms with Crippen LogP contribution in [0.15, 0.2) is 20.7 Å². The lowest BCUT2D eigenvalue weighted by atomic mass is 10.6. The lowest BCUT2D eigenvalue weighted by molar-refractivity contribution is 0.579. The molecule has 7 nitrogen and oxygen atoms in total. The first kappa shape index (κ1) is 11.7. The second-order valence-corrected chi connectivity index (χ2v) is 4.60. The quantitative estimate of drug-likeness (QED) is 0.654. The van der Waals surface area contributed by atoms with Crippen molar-refractivity contribution in [2.45, 2.75) is 11.8 Å². The standard InChI is InChI=1S/C7H11N3O4S/c1-3-8-15(13,14)5-4-10(2)7(12)9-6(5)11/h4,8H,3H2,1-2H3,(H,9,11,12). The Morgan fingerprint density at radius 1 is 1.47 bits per heavy atom. The van der Waals surface area contributed by atoms with Crippen molar-refractivity contribution in [3.63, 3.8) is 0 Å². The molecule has 0 unspecified atom stereocenters. The van der Waals surface area contributed by atoms with E-state index in [1.165, 1.54) is 7.05 Å². The Hall–Kier alpha value is -1.41. The number of hydrogen-bond donors (Lipinski definition) is 2. The van der Waals surface area contributed by atoms with Crippen molar-refractivity contribution < 1.29 is 8.42 Å². The van der Waals surface area contributed by atoms with E-state index < -0.39 is 26.2 Å². The summed E-state index contributed by atoms with van der Waals surface area (Å²) in [5.74, 6) is 0. The monoisotopic (exact) mass is 233 g/mol. The number of aromatic amines is 1. The predicted octanol–water partition coefficient (Wildman–Crippen LogP) is -1.63. The summed E-state index contributed by atoms with van der Waals surface area (Å²) in [6, 6.07) is 0. The zero-order valence-corrected chi connectivity index (χ0v) is 9.09. The lowest BCUT2D eigenvalue weighted by Crippen LogP contribution is -2.35. The third kappa shape index (κ3) is 2.34. The van der Waals surface area contributed by atoms with E-state index in [9.17, 15) is 18.0 Å². The highest BCUT2D eigenvalue weighted by Gasteiger charge is 2.18. The van der Waals surface area contributed by atoms with Crippen molar-refractivity contribution in [1.82, 2.24) is 14.3 Å². The second-order valence-electron chi connectivity index (χ2n) is 2.86. The van der Waals surface area contributed by atoms with Crippen LogP contribution in [0.5, 0.6) is 0 Å². The minimum absolute atomic E-state index is 0.171. The number of aryl methyl sites for hydroxylation is 1. The summed E-state index contributed by atoms with van der Waals surface area (Å²) < 4.78 is 26.1. The van der Waals surface area contributed by atoms with Crippen molar-refractivity contribution in [3.8, 4) is 0 Å². The van der Waals surface area contributed by atoms with Gasteiger partial charge in [0.05, 0.1) is 0 Å². The van der Waals surface area contributed by atoms with Gasteiger partial charge in [0.15, 0.2) is 4.90 Å². The Bertz CT molecular complexity index is 569. The van der Waals surface area contributed by atoms with Crippen LogP contribution in [0.2, 0.25) is 0 Å². The van der Waals surface area contributed by atoms with Gasteiger partial charge in [0.25, 0.3) is 5.56 Å². The molecule has 0 aliphatic rings. The van der Waals surface area contributed by atoms with E-state index in [1.54, 1.807) is 6.92 Å². The smallest absolute Gasteiger partial charge is 0.302 e. The average molecular weight is 233 g/mol. The molecule has 0 fully saturated rings. The van der Waals surface area contributed by atoms with Gasteiger partial charge < -0.3 is 4.57 Å². The molecule has 0 spiro atoms. The molecule has 0 aliphatic heterocycles.